The molecule has 0 saturated carbocycles. The maximum Gasteiger partial charge on any atom is 0.204 e. The van der Waals surface area contributed by atoms with Gasteiger partial charge in [0.2, 0.25) is 5.75 Å². The number of nitrogen functional groups attached to an aromatic ring is 1. The van der Waals surface area contributed by atoms with Crippen LogP contribution in [-0.4, -0.2) is 31.2 Å². The zero-order valence-electron chi connectivity index (χ0n) is 11.2. The molecule has 1 heterocycles. The van der Waals surface area contributed by atoms with Gasteiger partial charge in [0.25, 0.3) is 0 Å². The summed E-state index contributed by atoms with van der Waals surface area (Å²) in [6.45, 7) is 0. The SMILES string of the molecule is COc1c(N)ncnc1Nc1cccc(N(C)C)c1. The van der Waals surface area contributed by atoms with Crippen molar-refractivity contribution in [1.82, 2.24) is 9.97 Å². The van der Waals surface area contributed by atoms with Gasteiger partial charge in [0, 0.05) is 25.5 Å². The summed E-state index contributed by atoms with van der Waals surface area (Å²) < 4.78 is 5.20. The molecule has 0 saturated heterocycles. The molecular formula is C13H17N5O. The summed E-state index contributed by atoms with van der Waals surface area (Å²) in [5.74, 6) is 1.30. The van der Waals surface area contributed by atoms with Crippen molar-refractivity contribution in [2.24, 2.45) is 0 Å². The monoisotopic (exact) mass is 259 g/mol. The van der Waals surface area contributed by atoms with Gasteiger partial charge in [-0.15, -0.1) is 0 Å². The van der Waals surface area contributed by atoms with Crippen molar-refractivity contribution >= 4 is 23.0 Å². The third-order valence-electron chi connectivity index (χ3n) is 2.66. The molecule has 3 N–H and O–H groups in total. The summed E-state index contributed by atoms with van der Waals surface area (Å²) in [6.07, 6.45) is 1.40. The van der Waals surface area contributed by atoms with Crippen molar-refractivity contribution in [2.45, 2.75) is 0 Å². The molecule has 0 unspecified atom stereocenters. The Balaban J connectivity index is 2.31. The lowest BCUT2D eigenvalue weighted by Crippen LogP contribution is -2.09. The summed E-state index contributed by atoms with van der Waals surface area (Å²) in [6, 6.07) is 7.95. The lowest BCUT2D eigenvalue weighted by Gasteiger charge is -2.15. The van der Waals surface area contributed by atoms with Crippen LogP contribution in [0.5, 0.6) is 5.75 Å². The van der Waals surface area contributed by atoms with Gasteiger partial charge in [0.15, 0.2) is 11.6 Å². The number of benzene rings is 1. The number of ether oxygens (including phenoxy) is 1. The standard InChI is InChI=1S/C13H17N5O/c1-18(2)10-6-4-5-9(7-10)17-13-11(19-3)12(14)15-8-16-13/h4-8H,1-3H3,(H3,14,15,16,17). The Morgan fingerprint density at radius 3 is 2.74 bits per heavy atom. The highest BCUT2D eigenvalue weighted by Crippen LogP contribution is 2.29. The summed E-state index contributed by atoms with van der Waals surface area (Å²) >= 11 is 0. The predicted molar refractivity (Wildman–Crippen MR) is 77.0 cm³/mol. The van der Waals surface area contributed by atoms with Gasteiger partial charge < -0.3 is 20.7 Å². The van der Waals surface area contributed by atoms with Gasteiger partial charge in [-0.05, 0) is 18.2 Å². The van der Waals surface area contributed by atoms with E-state index in [0.29, 0.717) is 17.4 Å². The van der Waals surface area contributed by atoms with Crippen molar-refractivity contribution in [3.63, 3.8) is 0 Å². The van der Waals surface area contributed by atoms with Gasteiger partial charge in [0.05, 0.1) is 7.11 Å². The van der Waals surface area contributed by atoms with Crippen LogP contribution >= 0.6 is 0 Å². The van der Waals surface area contributed by atoms with E-state index in [1.807, 2.05) is 43.3 Å². The van der Waals surface area contributed by atoms with Crippen LogP contribution in [0.1, 0.15) is 0 Å². The molecular weight excluding hydrogens is 242 g/mol. The molecule has 0 radical (unpaired) electrons. The van der Waals surface area contributed by atoms with Gasteiger partial charge in [-0.1, -0.05) is 6.07 Å². The Kier molecular flexibility index (Phi) is 3.70. The van der Waals surface area contributed by atoms with Crippen molar-refractivity contribution in [3.8, 4) is 5.75 Å². The van der Waals surface area contributed by atoms with Crippen molar-refractivity contribution < 1.29 is 4.74 Å². The van der Waals surface area contributed by atoms with Gasteiger partial charge in [0.1, 0.15) is 6.33 Å². The minimum atomic E-state index is 0.309. The molecule has 1 aromatic carbocycles. The minimum Gasteiger partial charge on any atom is -0.490 e. The zero-order valence-corrected chi connectivity index (χ0v) is 11.2. The van der Waals surface area contributed by atoms with E-state index < -0.39 is 0 Å². The summed E-state index contributed by atoms with van der Waals surface area (Å²) in [5.41, 5.74) is 7.73. The number of hydrogen-bond donors (Lipinski definition) is 2. The van der Waals surface area contributed by atoms with E-state index in [4.69, 9.17) is 10.5 Å². The van der Waals surface area contributed by atoms with Crippen LogP contribution in [0.2, 0.25) is 0 Å². The molecule has 2 aromatic rings. The summed E-state index contributed by atoms with van der Waals surface area (Å²) in [4.78, 5) is 10.1. The third kappa shape index (κ3) is 2.85. The lowest BCUT2D eigenvalue weighted by atomic mass is 10.2. The number of rotatable bonds is 4. The highest BCUT2D eigenvalue weighted by Gasteiger charge is 2.09. The Morgan fingerprint density at radius 1 is 1.26 bits per heavy atom. The second kappa shape index (κ2) is 5.43. The number of hydrogen-bond acceptors (Lipinski definition) is 6. The molecule has 0 atom stereocenters. The number of nitrogens with two attached hydrogens (primary N) is 1. The van der Waals surface area contributed by atoms with Gasteiger partial charge in [-0.2, -0.15) is 0 Å². The van der Waals surface area contributed by atoms with Crippen molar-refractivity contribution in [2.75, 3.05) is 37.2 Å². The first-order valence-electron chi connectivity index (χ1n) is 5.80. The molecule has 0 spiro atoms. The number of anilines is 4. The zero-order chi connectivity index (χ0) is 13.8. The van der Waals surface area contributed by atoms with Crippen molar-refractivity contribution in [3.05, 3.63) is 30.6 Å². The average Bonchev–Trinajstić information content (AvgIpc) is 2.39. The highest BCUT2D eigenvalue weighted by atomic mass is 16.5. The fraction of sp³-hybridized carbons (Fsp3) is 0.231. The number of methoxy groups -OCH3 is 1. The molecule has 0 aliphatic carbocycles. The molecule has 0 bridgehead atoms. The second-order valence-electron chi connectivity index (χ2n) is 4.21. The normalized spacial score (nSPS) is 10.1. The fourth-order valence-electron chi connectivity index (χ4n) is 1.68. The first-order chi connectivity index (χ1) is 9.11. The third-order valence-corrected chi connectivity index (χ3v) is 2.66. The molecule has 0 amide bonds. The van der Waals surface area contributed by atoms with E-state index in [2.05, 4.69) is 15.3 Å². The van der Waals surface area contributed by atoms with Crippen LogP contribution in [0.4, 0.5) is 23.0 Å². The molecule has 2 rings (SSSR count). The van der Waals surface area contributed by atoms with Crippen LogP contribution in [0.25, 0.3) is 0 Å². The van der Waals surface area contributed by atoms with Gasteiger partial charge in [-0.3, -0.25) is 0 Å². The molecule has 0 fully saturated rings. The van der Waals surface area contributed by atoms with E-state index in [9.17, 15) is 0 Å². The lowest BCUT2D eigenvalue weighted by molar-refractivity contribution is 0.415. The quantitative estimate of drug-likeness (QED) is 0.873. The molecule has 6 nitrogen and oxygen atoms in total. The maximum absolute atomic E-state index is 5.74. The van der Waals surface area contributed by atoms with Crippen LogP contribution < -0.4 is 20.7 Å². The van der Waals surface area contributed by atoms with Crippen LogP contribution in [0.15, 0.2) is 30.6 Å². The average molecular weight is 259 g/mol. The molecule has 0 aliphatic heterocycles. The minimum absolute atomic E-state index is 0.309. The molecule has 0 aliphatic rings. The Hall–Kier alpha value is -2.50. The number of nitrogens with one attached hydrogen (secondary N) is 1. The highest BCUT2D eigenvalue weighted by molar-refractivity contribution is 5.70. The van der Waals surface area contributed by atoms with E-state index in [1.54, 1.807) is 0 Å². The van der Waals surface area contributed by atoms with E-state index in [-0.39, 0.29) is 0 Å². The molecule has 1 aromatic heterocycles. The molecule has 100 valence electrons. The summed E-state index contributed by atoms with van der Waals surface area (Å²) in [7, 11) is 5.52. The molecule has 6 heteroatoms. The second-order valence-corrected chi connectivity index (χ2v) is 4.21. The van der Waals surface area contributed by atoms with Crippen molar-refractivity contribution in [1.29, 1.82) is 0 Å². The summed E-state index contributed by atoms with van der Waals surface area (Å²) in [5, 5.41) is 3.18. The van der Waals surface area contributed by atoms with E-state index >= 15 is 0 Å². The number of aromatic nitrogens is 2. The Labute approximate surface area is 112 Å². The van der Waals surface area contributed by atoms with Crippen LogP contribution in [0, 0.1) is 0 Å². The first-order valence-corrected chi connectivity index (χ1v) is 5.80. The first kappa shape index (κ1) is 12.9. The van der Waals surface area contributed by atoms with Gasteiger partial charge in [-0.25, -0.2) is 9.97 Å². The Bertz CT molecular complexity index is 571. The largest absolute Gasteiger partial charge is 0.490 e. The Morgan fingerprint density at radius 2 is 2.05 bits per heavy atom. The predicted octanol–water partition coefficient (Wildman–Crippen LogP) is 1.88. The topological polar surface area (TPSA) is 76.3 Å². The van der Waals surface area contributed by atoms with Crippen LogP contribution in [0.3, 0.4) is 0 Å². The molecule has 19 heavy (non-hydrogen) atoms. The smallest absolute Gasteiger partial charge is 0.204 e. The van der Waals surface area contributed by atoms with E-state index in [0.717, 1.165) is 11.4 Å². The van der Waals surface area contributed by atoms with Gasteiger partial charge >= 0.3 is 0 Å². The maximum atomic E-state index is 5.74. The van der Waals surface area contributed by atoms with E-state index in [1.165, 1.54) is 13.4 Å². The number of nitrogens with zero attached hydrogens (tertiary/aromatic N) is 3. The fourth-order valence-corrected chi connectivity index (χ4v) is 1.68. The van der Waals surface area contributed by atoms with Crippen LogP contribution in [-0.2, 0) is 0 Å².